The Balaban J connectivity index is 2.28. The van der Waals surface area contributed by atoms with Gasteiger partial charge in [0, 0.05) is 16.9 Å². The summed E-state index contributed by atoms with van der Waals surface area (Å²) in [5.41, 5.74) is 2.41. The number of hydrogen-bond donors (Lipinski definition) is 0. The molecular formula is C12H13BrN2. The molecule has 1 fully saturated rings. The molecule has 2 aromatic rings. The van der Waals surface area contributed by atoms with Gasteiger partial charge < -0.3 is 4.57 Å². The number of halogens is 1. The molecule has 0 aliphatic heterocycles. The first-order chi connectivity index (χ1) is 7.29. The molecule has 3 rings (SSSR count). The van der Waals surface area contributed by atoms with Gasteiger partial charge in [-0.25, -0.2) is 4.98 Å². The second kappa shape index (κ2) is 3.34. The van der Waals surface area contributed by atoms with Gasteiger partial charge in [-0.05, 0) is 31.0 Å². The zero-order valence-electron chi connectivity index (χ0n) is 8.70. The number of aryl methyl sites for hydroxylation is 1. The molecule has 1 aliphatic rings. The Morgan fingerprint density at radius 3 is 2.93 bits per heavy atom. The third kappa shape index (κ3) is 1.49. The minimum absolute atomic E-state index is 0.714. The smallest absolute Gasteiger partial charge is 0.109 e. The van der Waals surface area contributed by atoms with E-state index in [0.29, 0.717) is 6.04 Å². The number of imidazole rings is 1. The fourth-order valence-electron chi connectivity index (χ4n) is 2.11. The summed E-state index contributed by atoms with van der Waals surface area (Å²) < 4.78 is 3.53. The van der Waals surface area contributed by atoms with Crippen molar-refractivity contribution in [3.05, 3.63) is 28.5 Å². The maximum absolute atomic E-state index is 4.69. The minimum Gasteiger partial charge on any atom is -0.325 e. The van der Waals surface area contributed by atoms with Gasteiger partial charge in [-0.15, -0.1) is 0 Å². The van der Waals surface area contributed by atoms with Crippen LogP contribution in [-0.4, -0.2) is 9.55 Å². The molecule has 2 nitrogen and oxygen atoms in total. The SMILES string of the molecule is CCc1nc2cc(Br)ccc2n1C1CC1. The topological polar surface area (TPSA) is 17.8 Å². The van der Waals surface area contributed by atoms with Crippen molar-refractivity contribution < 1.29 is 0 Å². The van der Waals surface area contributed by atoms with Crippen molar-refractivity contribution in [3.63, 3.8) is 0 Å². The number of aromatic nitrogens is 2. The van der Waals surface area contributed by atoms with Crippen LogP contribution in [0.25, 0.3) is 11.0 Å². The first kappa shape index (κ1) is 9.40. The maximum Gasteiger partial charge on any atom is 0.109 e. The Kier molecular flexibility index (Phi) is 2.09. The van der Waals surface area contributed by atoms with Gasteiger partial charge in [-0.1, -0.05) is 22.9 Å². The van der Waals surface area contributed by atoms with Crippen molar-refractivity contribution >= 4 is 27.0 Å². The molecule has 1 saturated carbocycles. The molecule has 0 saturated heterocycles. The lowest BCUT2D eigenvalue weighted by Gasteiger charge is -2.04. The average Bonchev–Trinajstić information content (AvgIpc) is 2.99. The number of hydrogen-bond acceptors (Lipinski definition) is 1. The second-order valence-electron chi connectivity index (χ2n) is 4.12. The van der Waals surface area contributed by atoms with Crippen LogP contribution in [-0.2, 0) is 6.42 Å². The molecule has 1 heterocycles. The highest BCUT2D eigenvalue weighted by molar-refractivity contribution is 9.10. The Bertz CT molecular complexity index is 512. The van der Waals surface area contributed by atoms with Gasteiger partial charge >= 0.3 is 0 Å². The Hall–Kier alpha value is -0.830. The monoisotopic (exact) mass is 264 g/mol. The number of rotatable bonds is 2. The lowest BCUT2D eigenvalue weighted by atomic mass is 10.3. The summed E-state index contributed by atoms with van der Waals surface area (Å²) in [7, 11) is 0. The van der Waals surface area contributed by atoms with E-state index in [0.717, 1.165) is 16.4 Å². The summed E-state index contributed by atoms with van der Waals surface area (Å²) in [4.78, 5) is 4.69. The van der Waals surface area contributed by atoms with E-state index < -0.39 is 0 Å². The molecule has 0 spiro atoms. The van der Waals surface area contributed by atoms with E-state index in [-0.39, 0.29) is 0 Å². The van der Waals surface area contributed by atoms with E-state index in [4.69, 9.17) is 0 Å². The van der Waals surface area contributed by atoms with Crippen molar-refractivity contribution in [2.45, 2.75) is 32.2 Å². The third-order valence-electron chi connectivity index (χ3n) is 2.95. The molecular weight excluding hydrogens is 252 g/mol. The van der Waals surface area contributed by atoms with E-state index in [1.165, 1.54) is 24.2 Å². The van der Waals surface area contributed by atoms with Gasteiger partial charge in [0.25, 0.3) is 0 Å². The molecule has 15 heavy (non-hydrogen) atoms. The Morgan fingerprint density at radius 1 is 1.47 bits per heavy atom. The predicted octanol–water partition coefficient (Wildman–Crippen LogP) is 3.70. The van der Waals surface area contributed by atoms with Crippen LogP contribution in [0, 0.1) is 0 Å². The lowest BCUT2D eigenvalue weighted by molar-refractivity contribution is 0.708. The van der Waals surface area contributed by atoms with Gasteiger partial charge in [-0.2, -0.15) is 0 Å². The van der Waals surface area contributed by atoms with Crippen molar-refractivity contribution in [3.8, 4) is 0 Å². The molecule has 1 aromatic heterocycles. The van der Waals surface area contributed by atoms with Crippen molar-refractivity contribution in [1.29, 1.82) is 0 Å². The Labute approximate surface area is 97.4 Å². The van der Waals surface area contributed by atoms with Crippen molar-refractivity contribution in [2.75, 3.05) is 0 Å². The zero-order valence-corrected chi connectivity index (χ0v) is 10.3. The molecule has 1 aliphatic carbocycles. The van der Waals surface area contributed by atoms with Crippen LogP contribution in [0.15, 0.2) is 22.7 Å². The van der Waals surface area contributed by atoms with E-state index in [9.17, 15) is 0 Å². The van der Waals surface area contributed by atoms with Gasteiger partial charge in [0.15, 0.2) is 0 Å². The minimum atomic E-state index is 0.714. The molecule has 0 bridgehead atoms. The van der Waals surface area contributed by atoms with E-state index >= 15 is 0 Å². The maximum atomic E-state index is 4.69. The van der Waals surface area contributed by atoms with Crippen LogP contribution in [0.3, 0.4) is 0 Å². The predicted molar refractivity (Wildman–Crippen MR) is 65.1 cm³/mol. The largest absolute Gasteiger partial charge is 0.325 e. The van der Waals surface area contributed by atoms with E-state index in [1.54, 1.807) is 0 Å². The van der Waals surface area contributed by atoms with Gasteiger partial charge in [0.1, 0.15) is 5.82 Å². The van der Waals surface area contributed by atoms with Crippen LogP contribution in [0.4, 0.5) is 0 Å². The van der Waals surface area contributed by atoms with Gasteiger partial charge in [0.05, 0.1) is 11.0 Å². The number of benzene rings is 1. The fraction of sp³-hybridized carbons (Fsp3) is 0.417. The molecule has 0 radical (unpaired) electrons. The summed E-state index contributed by atoms with van der Waals surface area (Å²) in [6, 6.07) is 7.09. The summed E-state index contributed by atoms with van der Waals surface area (Å²) in [6.07, 6.45) is 3.64. The summed E-state index contributed by atoms with van der Waals surface area (Å²) in [6.45, 7) is 2.18. The summed E-state index contributed by atoms with van der Waals surface area (Å²) >= 11 is 3.49. The van der Waals surface area contributed by atoms with Crippen molar-refractivity contribution in [2.24, 2.45) is 0 Å². The molecule has 0 N–H and O–H groups in total. The van der Waals surface area contributed by atoms with Crippen LogP contribution >= 0.6 is 15.9 Å². The molecule has 0 amide bonds. The molecule has 1 aromatic carbocycles. The van der Waals surface area contributed by atoms with E-state index in [1.807, 2.05) is 0 Å². The van der Waals surface area contributed by atoms with Crippen LogP contribution in [0.2, 0.25) is 0 Å². The molecule has 0 unspecified atom stereocenters. The lowest BCUT2D eigenvalue weighted by Crippen LogP contribution is -1.99. The third-order valence-corrected chi connectivity index (χ3v) is 3.45. The highest BCUT2D eigenvalue weighted by Crippen LogP contribution is 2.39. The normalized spacial score (nSPS) is 16.1. The van der Waals surface area contributed by atoms with Gasteiger partial charge in [-0.3, -0.25) is 0 Å². The summed E-state index contributed by atoms with van der Waals surface area (Å²) in [5, 5.41) is 0. The zero-order chi connectivity index (χ0) is 10.4. The van der Waals surface area contributed by atoms with Gasteiger partial charge in [0.2, 0.25) is 0 Å². The number of nitrogens with zero attached hydrogens (tertiary/aromatic N) is 2. The summed E-state index contributed by atoms with van der Waals surface area (Å²) in [5.74, 6) is 1.23. The van der Waals surface area contributed by atoms with Crippen LogP contribution < -0.4 is 0 Å². The van der Waals surface area contributed by atoms with Crippen LogP contribution in [0.5, 0.6) is 0 Å². The highest BCUT2D eigenvalue weighted by Gasteiger charge is 2.27. The second-order valence-corrected chi connectivity index (χ2v) is 5.03. The highest BCUT2D eigenvalue weighted by atomic mass is 79.9. The fourth-order valence-corrected chi connectivity index (χ4v) is 2.46. The first-order valence-electron chi connectivity index (χ1n) is 5.46. The van der Waals surface area contributed by atoms with E-state index in [2.05, 4.69) is 50.6 Å². The standard InChI is InChI=1S/C12H13BrN2/c1-2-12-14-10-7-8(13)3-6-11(10)15(12)9-4-5-9/h3,6-7,9H,2,4-5H2,1H3. The first-order valence-corrected chi connectivity index (χ1v) is 6.25. The average molecular weight is 265 g/mol. The molecule has 3 heteroatoms. The molecule has 0 atom stereocenters. The van der Waals surface area contributed by atoms with Crippen molar-refractivity contribution in [1.82, 2.24) is 9.55 Å². The molecule has 78 valence electrons. The number of fused-ring (bicyclic) bond motifs is 1. The quantitative estimate of drug-likeness (QED) is 0.809. The van der Waals surface area contributed by atoms with Crippen LogP contribution in [0.1, 0.15) is 31.6 Å². The Morgan fingerprint density at radius 2 is 2.27 bits per heavy atom.